The second kappa shape index (κ2) is 11.0. The molecule has 0 unspecified atom stereocenters. The summed E-state index contributed by atoms with van der Waals surface area (Å²) < 4.78 is 9.20. The molecule has 5 aromatic rings. The standard InChI is InChI=1S/C34H32N6S.Zn/c1-7-19-17(5)25-13-29-21(9-3)22(10-4)30(37-29)14-26-18(6)20(8-2)28(36-26)16-32-33-23(31(38-32)15-27(19)35-25)11-12-24-34(33)40-41-39-24;/h11-16H,7-10H2,1-6H3;/q-2;+2. The summed E-state index contributed by atoms with van der Waals surface area (Å²) >= 11 is 1.24. The fourth-order valence-corrected chi connectivity index (χ4v) is 7.11. The van der Waals surface area contributed by atoms with E-state index in [9.17, 15) is 0 Å². The average Bonchev–Trinajstić information content (AvgIpc) is 3.76. The summed E-state index contributed by atoms with van der Waals surface area (Å²) in [7, 11) is 0. The minimum Gasteiger partial charge on any atom is -0.657 e. The van der Waals surface area contributed by atoms with Gasteiger partial charge in [-0.2, -0.15) is 8.75 Å². The Labute approximate surface area is 262 Å². The van der Waals surface area contributed by atoms with Crippen LogP contribution in [-0.2, 0) is 32.3 Å². The molecule has 206 valence electrons. The molecule has 4 aromatic heterocycles. The number of fused-ring (bicyclic) bond motifs is 13. The number of allylic oxidation sites excluding steroid dienone is 4. The van der Waals surface area contributed by atoms with Crippen molar-refractivity contribution in [1.82, 2.24) is 28.7 Å². The van der Waals surface area contributed by atoms with Crippen molar-refractivity contribution in [2.75, 3.05) is 0 Å². The molecule has 2 aliphatic rings. The molecule has 0 amide bonds. The van der Waals surface area contributed by atoms with Crippen LogP contribution in [0.2, 0.25) is 0 Å². The Morgan fingerprint density at radius 2 is 1.14 bits per heavy atom. The van der Waals surface area contributed by atoms with Crippen molar-refractivity contribution >= 4 is 77.9 Å². The maximum absolute atomic E-state index is 5.21. The number of hydrogen-bond acceptors (Lipinski definition) is 5. The molecule has 0 saturated heterocycles. The Kier molecular flexibility index (Phi) is 7.48. The van der Waals surface area contributed by atoms with Crippen LogP contribution in [-0.4, -0.2) is 18.7 Å². The number of aryl methyl sites for hydroxylation is 2. The maximum Gasteiger partial charge on any atom is 2.00 e. The molecule has 0 N–H and O–H groups in total. The van der Waals surface area contributed by atoms with Gasteiger partial charge in [0.25, 0.3) is 0 Å². The van der Waals surface area contributed by atoms with Crippen LogP contribution >= 0.6 is 11.7 Å². The van der Waals surface area contributed by atoms with Crippen LogP contribution < -0.4 is 9.97 Å². The SMILES string of the molecule is CCC1=C(C)c2cc3[n-]c(cc4nc(cc5[n-]c(cc1n2)c1ccc2nsnc2c51)C(CC)=C4C)c(CC)c3CC.[Zn+2]. The third kappa shape index (κ3) is 4.30. The van der Waals surface area contributed by atoms with E-state index < -0.39 is 0 Å². The molecule has 1 aromatic carbocycles. The van der Waals surface area contributed by atoms with Gasteiger partial charge in [0.2, 0.25) is 0 Å². The van der Waals surface area contributed by atoms with Gasteiger partial charge in [0, 0.05) is 0 Å². The average molecular weight is 622 g/mol. The second-order valence-electron chi connectivity index (χ2n) is 10.8. The molecule has 0 fully saturated rings. The van der Waals surface area contributed by atoms with E-state index >= 15 is 0 Å². The number of nitrogens with zero attached hydrogens (tertiary/aromatic N) is 6. The molecule has 6 nitrogen and oxygen atoms in total. The number of hydrogen-bond donors (Lipinski definition) is 0. The topological polar surface area (TPSA) is 79.8 Å². The second-order valence-corrected chi connectivity index (χ2v) is 11.3. The van der Waals surface area contributed by atoms with Crippen LogP contribution in [0.1, 0.15) is 88.3 Å². The van der Waals surface area contributed by atoms with E-state index in [1.807, 2.05) is 6.07 Å². The van der Waals surface area contributed by atoms with Gasteiger partial charge in [-0.25, -0.2) is 9.97 Å². The fraction of sp³-hybridized carbons (Fsp3) is 0.294. The van der Waals surface area contributed by atoms with Gasteiger partial charge in [-0.3, -0.25) is 0 Å². The summed E-state index contributed by atoms with van der Waals surface area (Å²) in [6.07, 6.45) is 3.63. The summed E-state index contributed by atoms with van der Waals surface area (Å²) in [5.74, 6) is 0. The van der Waals surface area contributed by atoms with Crippen LogP contribution in [0.25, 0.3) is 66.2 Å². The van der Waals surface area contributed by atoms with Gasteiger partial charge in [-0.15, -0.1) is 22.1 Å². The van der Waals surface area contributed by atoms with Crippen LogP contribution in [0.5, 0.6) is 0 Å². The number of rotatable bonds is 4. The zero-order chi connectivity index (χ0) is 28.4. The van der Waals surface area contributed by atoms with Crippen molar-refractivity contribution in [2.24, 2.45) is 0 Å². The van der Waals surface area contributed by atoms with E-state index in [0.717, 1.165) is 92.3 Å². The van der Waals surface area contributed by atoms with Gasteiger partial charge in [-0.1, -0.05) is 69.2 Å². The van der Waals surface area contributed by atoms with Gasteiger partial charge in [0.15, 0.2) is 0 Å². The summed E-state index contributed by atoms with van der Waals surface area (Å²) in [5.41, 5.74) is 17.0. The van der Waals surface area contributed by atoms with Gasteiger partial charge < -0.3 is 9.97 Å². The number of aromatic nitrogens is 6. The monoisotopic (exact) mass is 620 g/mol. The largest absolute Gasteiger partial charge is 2.00 e. The zero-order valence-corrected chi connectivity index (χ0v) is 28.9. The Balaban J connectivity index is 0.00000316. The summed E-state index contributed by atoms with van der Waals surface area (Å²) in [4.78, 5) is 20.7. The van der Waals surface area contributed by atoms with Crippen molar-refractivity contribution in [3.8, 4) is 0 Å². The first kappa shape index (κ1) is 28.6. The van der Waals surface area contributed by atoms with Crippen LogP contribution in [0.15, 0.2) is 36.4 Å². The number of benzene rings is 1. The van der Waals surface area contributed by atoms with Gasteiger partial charge in [-0.05, 0) is 78.7 Å². The Morgan fingerprint density at radius 3 is 1.69 bits per heavy atom. The van der Waals surface area contributed by atoms with E-state index in [1.54, 1.807) is 0 Å². The van der Waals surface area contributed by atoms with Crippen LogP contribution in [0.3, 0.4) is 0 Å². The van der Waals surface area contributed by atoms with Crippen LogP contribution in [0, 0.1) is 0 Å². The first-order valence-corrected chi connectivity index (χ1v) is 15.3. The van der Waals surface area contributed by atoms with Crippen molar-refractivity contribution in [1.29, 1.82) is 0 Å². The van der Waals surface area contributed by atoms with Gasteiger partial charge in [0.1, 0.15) is 11.0 Å². The van der Waals surface area contributed by atoms with Crippen molar-refractivity contribution in [2.45, 2.75) is 67.2 Å². The van der Waals surface area contributed by atoms with E-state index in [0.29, 0.717) is 0 Å². The minimum atomic E-state index is 0. The normalized spacial score (nSPS) is 13.5. The molecule has 2 aliphatic heterocycles. The van der Waals surface area contributed by atoms with Crippen molar-refractivity contribution < 1.29 is 19.5 Å². The third-order valence-electron chi connectivity index (χ3n) is 8.71. The minimum absolute atomic E-state index is 0. The maximum atomic E-state index is 5.21. The first-order valence-electron chi connectivity index (χ1n) is 14.6. The molecule has 0 aliphatic carbocycles. The smallest absolute Gasteiger partial charge is 0.657 e. The van der Waals surface area contributed by atoms with Crippen LogP contribution in [0.4, 0.5) is 0 Å². The van der Waals surface area contributed by atoms with E-state index in [4.69, 9.17) is 19.9 Å². The van der Waals surface area contributed by atoms with Crippen molar-refractivity contribution in [3.63, 3.8) is 0 Å². The molecule has 7 rings (SSSR count). The molecule has 6 heterocycles. The zero-order valence-electron chi connectivity index (χ0n) is 25.1. The molecule has 0 radical (unpaired) electrons. The molecule has 0 spiro atoms. The Bertz CT molecular complexity index is 2120. The molecule has 0 saturated carbocycles. The molecule has 0 atom stereocenters. The van der Waals surface area contributed by atoms with Crippen molar-refractivity contribution in [3.05, 3.63) is 70.3 Å². The Hall–Kier alpha value is -3.48. The van der Waals surface area contributed by atoms with E-state index in [1.165, 1.54) is 45.1 Å². The molecule has 8 heteroatoms. The summed E-state index contributed by atoms with van der Waals surface area (Å²) in [5, 5.41) is 2.08. The Morgan fingerprint density at radius 1 is 0.619 bits per heavy atom. The summed E-state index contributed by atoms with van der Waals surface area (Å²) in [6.45, 7) is 13.2. The summed E-state index contributed by atoms with van der Waals surface area (Å²) in [6, 6.07) is 12.8. The quantitative estimate of drug-likeness (QED) is 0.187. The fourth-order valence-electron chi connectivity index (χ4n) is 6.57. The molecular formula is C34H32N6SZn. The molecule has 8 bridgehead atoms. The molecular weight excluding hydrogens is 590 g/mol. The predicted molar refractivity (Wildman–Crippen MR) is 172 cm³/mol. The van der Waals surface area contributed by atoms with Gasteiger partial charge in [0.05, 0.1) is 34.5 Å². The van der Waals surface area contributed by atoms with E-state index in [2.05, 4.69) is 80.6 Å². The third-order valence-corrected chi connectivity index (χ3v) is 9.25. The van der Waals surface area contributed by atoms with Gasteiger partial charge >= 0.3 is 19.5 Å². The predicted octanol–water partition coefficient (Wildman–Crippen LogP) is 8.53. The first-order chi connectivity index (χ1) is 19.9. The molecule has 42 heavy (non-hydrogen) atoms. The van der Waals surface area contributed by atoms with E-state index in [-0.39, 0.29) is 19.5 Å².